The van der Waals surface area contributed by atoms with Gasteiger partial charge in [0.2, 0.25) is 5.91 Å². The SMILES string of the molecule is O=C(NCCCC(=O)N1CCCCCCC1)c1cccs1. The molecule has 2 rings (SSSR count). The molecule has 0 atom stereocenters. The molecule has 1 aromatic heterocycles. The minimum absolute atomic E-state index is 0.0382. The molecule has 0 aromatic carbocycles. The maximum absolute atomic E-state index is 12.2. The number of nitrogens with zero attached hydrogens (tertiary/aromatic N) is 1. The zero-order valence-electron chi connectivity index (χ0n) is 12.5. The number of hydrogen-bond donors (Lipinski definition) is 1. The third-order valence-electron chi connectivity index (χ3n) is 3.81. The molecule has 0 bridgehead atoms. The van der Waals surface area contributed by atoms with Gasteiger partial charge in [-0.2, -0.15) is 0 Å². The molecule has 2 heterocycles. The third-order valence-corrected chi connectivity index (χ3v) is 4.68. The van der Waals surface area contributed by atoms with Crippen LogP contribution < -0.4 is 5.32 Å². The maximum atomic E-state index is 12.2. The van der Waals surface area contributed by atoms with Gasteiger partial charge in [0.15, 0.2) is 0 Å². The number of carbonyl (C=O) groups is 2. The highest BCUT2D eigenvalue weighted by Gasteiger charge is 2.14. The van der Waals surface area contributed by atoms with Crippen molar-refractivity contribution in [3.63, 3.8) is 0 Å². The second-order valence-corrected chi connectivity index (χ2v) is 6.43. The van der Waals surface area contributed by atoms with Crippen LogP contribution in [0.15, 0.2) is 17.5 Å². The highest BCUT2D eigenvalue weighted by molar-refractivity contribution is 7.12. The van der Waals surface area contributed by atoms with E-state index in [-0.39, 0.29) is 11.8 Å². The second-order valence-electron chi connectivity index (χ2n) is 5.49. The van der Waals surface area contributed by atoms with Crippen LogP contribution in [0.5, 0.6) is 0 Å². The summed E-state index contributed by atoms with van der Waals surface area (Å²) in [6, 6.07) is 3.68. The lowest BCUT2D eigenvalue weighted by Gasteiger charge is -2.24. The molecule has 1 aromatic rings. The third kappa shape index (κ3) is 5.50. The highest BCUT2D eigenvalue weighted by Crippen LogP contribution is 2.12. The number of thiophene rings is 1. The molecular weight excluding hydrogens is 284 g/mol. The van der Waals surface area contributed by atoms with Crippen LogP contribution in [0.25, 0.3) is 0 Å². The molecule has 1 saturated heterocycles. The number of nitrogens with one attached hydrogen (secondary N) is 1. The molecule has 0 radical (unpaired) electrons. The lowest BCUT2D eigenvalue weighted by molar-refractivity contribution is -0.131. The van der Waals surface area contributed by atoms with Crippen molar-refractivity contribution in [3.8, 4) is 0 Å². The van der Waals surface area contributed by atoms with E-state index in [2.05, 4.69) is 5.32 Å². The van der Waals surface area contributed by atoms with E-state index in [1.54, 1.807) is 0 Å². The number of rotatable bonds is 5. The van der Waals surface area contributed by atoms with E-state index in [0.717, 1.165) is 30.8 Å². The van der Waals surface area contributed by atoms with Gasteiger partial charge in [-0.3, -0.25) is 9.59 Å². The van der Waals surface area contributed by atoms with Gasteiger partial charge in [-0.1, -0.05) is 25.3 Å². The van der Waals surface area contributed by atoms with Gasteiger partial charge in [-0.25, -0.2) is 0 Å². The molecule has 1 N–H and O–H groups in total. The fourth-order valence-electron chi connectivity index (χ4n) is 2.59. The van der Waals surface area contributed by atoms with Crippen LogP contribution in [-0.4, -0.2) is 36.3 Å². The van der Waals surface area contributed by atoms with Crippen molar-refractivity contribution < 1.29 is 9.59 Å². The Balaban J connectivity index is 1.63. The molecule has 0 aliphatic carbocycles. The Morgan fingerprint density at radius 1 is 1.14 bits per heavy atom. The molecule has 1 aliphatic rings. The van der Waals surface area contributed by atoms with Gasteiger partial charge >= 0.3 is 0 Å². The minimum Gasteiger partial charge on any atom is -0.351 e. The van der Waals surface area contributed by atoms with Gasteiger partial charge in [0, 0.05) is 26.1 Å². The van der Waals surface area contributed by atoms with Crippen LogP contribution in [0.3, 0.4) is 0 Å². The quantitative estimate of drug-likeness (QED) is 0.850. The van der Waals surface area contributed by atoms with E-state index < -0.39 is 0 Å². The topological polar surface area (TPSA) is 49.4 Å². The standard InChI is InChI=1S/C16H24N2O2S/c19-15(18-11-4-2-1-3-5-12-18)9-6-10-17-16(20)14-8-7-13-21-14/h7-8,13H,1-6,9-12H2,(H,17,20). The van der Waals surface area contributed by atoms with Gasteiger partial charge < -0.3 is 10.2 Å². The molecule has 2 amide bonds. The Morgan fingerprint density at radius 3 is 2.52 bits per heavy atom. The summed E-state index contributed by atoms with van der Waals surface area (Å²) in [6.45, 7) is 2.37. The molecule has 116 valence electrons. The molecule has 4 nitrogen and oxygen atoms in total. The average Bonchev–Trinajstić information content (AvgIpc) is 2.97. The first-order valence-corrected chi connectivity index (χ1v) is 8.75. The maximum Gasteiger partial charge on any atom is 0.261 e. The first-order valence-electron chi connectivity index (χ1n) is 7.87. The average molecular weight is 308 g/mol. The van der Waals surface area contributed by atoms with E-state index >= 15 is 0 Å². The van der Waals surface area contributed by atoms with Crippen molar-refractivity contribution in [1.82, 2.24) is 10.2 Å². The number of likely N-dealkylation sites (tertiary alicyclic amines) is 1. The van der Waals surface area contributed by atoms with E-state index in [1.165, 1.54) is 30.6 Å². The van der Waals surface area contributed by atoms with E-state index in [9.17, 15) is 9.59 Å². The van der Waals surface area contributed by atoms with Crippen molar-refractivity contribution in [3.05, 3.63) is 22.4 Å². The summed E-state index contributed by atoms with van der Waals surface area (Å²) in [5.74, 6) is 0.200. The Bertz CT molecular complexity index is 437. The molecule has 0 spiro atoms. The van der Waals surface area contributed by atoms with Gasteiger partial charge in [-0.05, 0) is 30.7 Å². The summed E-state index contributed by atoms with van der Waals surface area (Å²) in [7, 11) is 0. The highest BCUT2D eigenvalue weighted by atomic mass is 32.1. The lowest BCUT2D eigenvalue weighted by atomic mass is 10.1. The minimum atomic E-state index is -0.0382. The summed E-state index contributed by atoms with van der Waals surface area (Å²) in [4.78, 5) is 26.6. The molecular formula is C16H24N2O2S. The summed E-state index contributed by atoms with van der Waals surface area (Å²) in [6.07, 6.45) is 7.27. The summed E-state index contributed by atoms with van der Waals surface area (Å²) in [5.41, 5.74) is 0. The van der Waals surface area contributed by atoms with Crippen LogP contribution in [0.4, 0.5) is 0 Å². The molecule has 0 unspecified atom stereocenters. The Kier molecular flexibility index (Phi) is 6.73. The number of carbonyl (C=O) groups excluding carboxylic acids is 2. The largest absolute Gasteiger partial charge is 0.351 e. The lowest BCUT2D eigenvalue weighted by Crippen LogP contribution is -2.34. The van der Waals surface area contributed by atoms with Gasteiger partial charge in [0.1, 0.15) is 0 Å². The number of amides is 2. The molecule has 5 heteroatoms. The fraction of sp³-hybridized carbons (Fsp3) is 0.625. The van der Waals surface area contributed by atoms with Crippen molar-refractivity contribution in [1.29, 1.82) is 0 Å². The van der Waals surface area contributed by atoms with Crippen LogP contribution in [0.2, 0.25) is 0 Å². The van der Waals surface area contributed by atoms with Crippen molar-refractivity contribution >= 4 is 23.2 Å². The first kappa shape index (κ1) is 16.0. The first-order chi connectivity index (χ1) is 10.3. The van der Waals surface area contributed by atoms with E-state index in [0.29, 0.717) is 19.4 Å². The fourth-order valence-corrected chi connectivity index (χ4v) is 3.23. The summed E-state index contributed by atoms with van der Waals surface area (Å²) in [5, 5.41) is 4.76. The van der Waals surface area contributed by atoms with Crippen LogP contribution >= 0.6 is 11.3 Å². The Hall–Kier alpha value is -1.36. The molecule has 21 heavy (non-hydrogen) atoms. The second kappa shape index (κ2) is 8.82. The van der Waals surface area contributed by atoms with Gasteiger partial charge in [-0.15, -0.1) is 11.3 Å². The zero-order valence-corrected chi connectivity index (χ0v) is 13.3. The van der Waals surface area contributed by atoms with Gasteiger partial charge in [0.25, 0.3) is 5.91 Å². The molecule has 0 saturated carbocycles. The van der Waals surface area contributed by atoms with E-state index in [1.807, 2.05) is 22.4 Å². The molecule has 1 fully saturated rings. The van der Waals surface area contributed by atoms with Crippen molar-refractivity contribution in [2.75, 3.05) is 19.6 Å². The Morgan fingerprint density at radius 2 is 1.86 bits per heavy atom. The van der Waals surface area contributed by atoms with Crippen molar-refractivity contribution in [2.24, 2.45) is 0 Å². The van der Waals surface area contributed by atoms with Crippen LogP contribution in [0, 0.1) is 0 Å². The Labute approximate surface area is 130 Å². The summed E-state index contributed by atoms with van der Waals surface area (Å²) >= 11 is 1.44. The monoisotopic (exact) mass is 308 g/mol. The van der Waals surface area contributed by atoms with Crippen LogP contribution in [0.1, 0.15) is 54.6 Å². The smallest absolute Gasteiger partial charge is 0.261 e. The van der Waals surface area contributed by atoms with Crippen LogP contribution in [-0.2, 0) is 4.79 Å². The normalized spacial score (nSPS) is 16.1. The van der Waals surface area contributed by atoms with Gasteiger partial charge in [0.05, 0.1) is 4.88 Å². The zero-order chi connectivity index (χ0) is 14.9. The number of hydrogen-bond acceptors (Lipinski definition) is 3. The molecule has 1 aliphatic heterocycles. The predicted octanol–water partition coefficient (Wildman–Crippen LogP) is 3.05. The van der Waals surface area contributed by atoms with Crippen molar-refractivity contribution in [2.45, 2.75) is 44.9 Å². The van der Waals surface area contributed by atoms with E-state index in [4.69, 9.17) is 0 Å². The predicted molar refractivity (Wildman–Crippen MR) is 85.6 cm³/mol. The summed E-state index contributed by atoms with van der Waals surface area (Å²) < 4.78 is 0.